The van der Waals surface area contributed by atoms with E-state index in [1.807, 2.05) is 37.1 Å². The van der Waals surface area contributed by atoms with Crippen molar-refractivity contribution in [3.8, 4) is 0 Å². The fraction of sp³-hybridized carbons (Fsp3) is 0.538. The molecule has 1 unspecified atom stereocenters. The molecule has 1 N–H and O–H groups in total. The second-order valence-electron chi connectivity index (χ2n) is 4.47. The van der Waals surface area contributed by atoms with E-state index in [1.54, 1.807) is 0 Å². The van der Waals surface area contributed by atoms with Gasteiger partial charge in [-0.2, -0.15) is 0 Å². The fourth-order valence-corrected chi connectivity index (χ4v) is 2.14. The number of likely N-dealkylation sites (tertiary alicyclic amines) is 1. The van der Waals surface area contributed by atoms with E-state index in [0.717, 1.165) is 30.8 Å². The molecule has 0 aromatic carbocycles. The lowest BCUT2D eigenvalue weighted by atomic mass is 10.2. The number of pyridine rings is 1. The molecule has 17 heavy (non-hydrogen) atoms. The van der Waals surface area contributed by atoms with Crippen molar-refractivity contribution in [2.75, 3.05) is 13.1 Å². The summed E-state index contributed by atoms with van der Waals surface area (Å²) in [5.41, 5.74) is 2.10. The van der Waals surface area contributed by atoms with Gasteiger partial charge in [0.25, 0.3) is 0 Å². The van der Waals surface area contributed by atoms with Crippen molar-refractivity contribution in [3.05, 3.63) is 29.6 Å². The molecule has 1 atom stereocenters. The SMILES string of the molecule is CCNC1CCN(Cc2ccc(C)nc2)C1=O. The first-order chi connectivity index (χ1) is 8.20. The summed E-state index contributed by atoms with van der Waals surface area (Å²) in [5, 5.41) is 3.21. The summed E-state index contributed by atoms with van der Waals surface area (Å²) in [6.07, 6.45) is 2.76. The van der Waals surface area contributed by atoms with E-state index in [1.165, 1.54) is 0 Å². The number of carbonyl (C=O) groups excluding carboxylic acids is 1. The second-order valence-corrected chi connectivity index (χ2v) is 4.47. The van der Waals surface area contributed by atoms with Gasteiger partial charge < -0.3 is 10.2 Å². The van der Waals surface area contributed by atoms with Crippen LogP contribution in [0.3, 0.4) is 0 Å². The molecule has 1 aliphatic rings. The lowest BCUT2D eigenvalue weighted by molar-refractivity contribution is -0.129. The summed E-state index contributed by atoms with van der Waals surface area (Å²) in [6, 6.07) is 4.03. The van der Waals surface area contributed by atoms with E-state index in [-0.39, 0.29) is 11.9 Å². The third kappa shape index (κ3) is 2.82. The van der Waals surface area contributed by atoms with Gasteiger partial charge in [0.1, 0.15) is 0 Å². The number of hydrogen-bond donors (Lipinski definition) is 1. The molecule has 0 saturated carbocycles. The van der Waals surface area contributed by atoms with Crippen LogP contribution in [0.1, 0.15) is 24.6 Å². The first kappa shape index (κ1) is 12.0. The number of likely N-dealkylation sites (N-methyl/N-ethyl adjacent to an activating group) is 1. The Morgan fingerprint density at radius 3 is 3.00 bits per heavy atom. The standard InChI is InChI=1S/C13H19N3O/c1-3-14-12-6-7-16(13(12)17)9-11-5-4-10(2)15-8-11/h4-5,8,12,14H,3,6-7,9H2,1-2H3. The van der Waals surface area contributed by atoms with Crippen molar-refractivity contribution in [1.29, 1.82) is 0 Å². The molecule has 1 aliphatic heterocycles. The van der Waals surface area contributed by atoms with Crippen LogP contribution in [0, 0.1) is 6.92 Å². The van der Waals surface area contributed by atoms with Gasteiger partial charge in [0.15, 0.2) is 0 Å². The molecule has 2 heterocycles. The molecule has 92 valence electrons. The minimum atomic E-state index is 0.0124. The molecule has 2 rings (SSSR count). The fourth-order valence-electron chi connectivity index (χ4n) is 2.14. The van der Waals surface area contributed by atoms with E-state index in [4.69, 9.17) is 0 Å². The lowest BCUT2D eigenvalue weighted by Crippen LogP contribution is -2.37. The molecular weight excluding hydrogens is 214 g/mol. The Morgan fingerprint density at radius 1 is 1.53 bits per heavy atom. The molecule has 1 fully saturated rings. The average molecular weight is 233 g/mol. The van der Waals surface area contributed by atoms with Gasteiger partial charge in [0, 0.05) is 25.0 Å². The van der Waals surface area contributed by atoms with Crippen molar-refractivity contribution in [3.63, 3.8) is 0 Å². The zero-order valence-corrected chi connectivity index (χ0v) is 10.4. The molecule has 1 aromatic heterocycles. The Kier molecular flexibility index (Phi) is 3.74. The molecule has 0 bridgehead atoms. The maximum atomic E-state index is 12.0. The van der Waals surface area contributed by atoms with Gasteiger partial charge >= 0.3 is 0 Å². The van der Waals surface area contributed by atoms with Crippen LogP contribution in [-0.2, 0) is 11.3 Å². The third-order valence-electron chi connectivity index (χ3n) is 3.09. The highest BCUT2D eigenvalue weighted by molar-refractivity contribution is 5.83. The molecule has 1 amide bonds. The molecule has 0 radical (unpaired) electrons. The number of aryl methyl sites for hydroxylation is 1. The van der Waals surface area contributed by atoms with Gasteiger partial charge in [-0.1, -0.05) is 13.0 Å². The van der Waals surface area contributed by atoms with Crippen LogP contribution >= 0.6 is 0 Å². The molecule has 0 aliphatic carbocycles. The number of amides is 1. The number of nitrogens with zero attached hydrogens (tertiary/aromatic N) is 2. The Balaban J connectivity index is 1.96. The molecule has 0 spiro atoms. The van der Waals surface area contributed by atoms with E-state index < -0.39 is 0 Å². The van der Waals surface area contributed by atoms with Crippen molar-refractivity contribution in [2.45, 2.75) is 32.9 Å². The normalized spacial score (nSPS) is 20.0. The summed E-state index contributed by atoms with van der Waals surface area (Å²) in [6.45, 7) is 6.35. The number of rotatable bonds is 4. The molecule has 1 aromatic rings. The molecular formula is C13H19N3O. The van der Waals surface area contributed by atoms with Crippen LogP contribution in [-0.4, -0.2) is 34.9 Å². The quantitative estimate of drug-likeness (QED) is 0.847. The number of nitrogens with one attached hydrogen (secondary N) is 1. The molecule has 1 saturated heterocycles. The van der Waals surface area contributed by atoms with Crippen molar-refractivity contribution in [1.82, 2.24) is 15.2 Å². The van der Waals surface area contributed by atoms with Gasteiger partial charge in [-0.25, -0.2) is 0 Å². The van der Waals surface area contributed by atoms with Gasteiger partial charge in [-0.15, -0.1) is 0 Å². The minimum absolute atomic E-state index is 0.0124. The van der Waals surface area contributed by atoms with Crippen LogP contribution in [0.25, 0.3) is 0 Å². The maximum absolute atomic E-state index is 12.0. The van der Waals surface area contributed by atoms with Crippen LogP contribution in [0.4, 0.5) is 0 Å². The van der Waals surface area contributed by atoms with E-state index in [0.29, 0.717) is 6.54 Å². The Labute approximate surface area is 102 Å². The van der Waals surface area contributed by atoms with Crippen molar-refractivity contribution >= 4 is 5.91 Å². The predicted molar refractivity (Wildman–Crippen MR) is 66.5 cm³/mol. The summed E-state index contributed by atoms with van der Waals surface area (Å²) in [5.74, 6) is 0.215. The molecule has 4 nitrogen and oxygen atoms in total. The summed E-state index contributed by atoms with van der Waals surface area (Å²) >= 11 is 0. The molecule has 4 heteroatoms. The summed E-state index contributed by atoms with van der Waals surface area (Å²) in [7, 11) is 0. The van der Waals surface area contributed by atoms with Crippen LogP contribution < -0.4 is 5.32 Å². The number of carbonyl (C=O) groups is 1. The summed E-state index contributed by atoms with van der Waals surface area (Å²) < 4.78 is 0. The largest absolute Gasteiger partial charge is 0.337 e. The minimum Gasteiger partial charge on any atom is -0.337 e. The van der Waals surface area contributed by atoms with Crippen molar-refractivity contribution in [2.24, 2.45) is 0 Å². The lowest BCUT2D eigenvalue weighted by Gasteiger charge is -2.16. The number of hydrogen-bond acceptors (Lipinski definition) is 3. The Bertz CT molecular complexity index is 388. The van der Waals surface area contributed by atoms with Gasteiger partial charge in [-0.05, 0) is 31.5 Å². The van der Waals surface area contributed by atoms with Crippen LogP contribution in [0.15, 0.2) is 18.3 Å². The first-order valence-electron chi connectivity index (χ1n) is 6.14. The predicted octanol–water partition coefficient (Wildman–Crippen LogP) is 1.10. The number of aromatic nitrogens is 1. The van der Waals surface area contributed by atoms with Gasteiger partial charge in [0.2, 0.25) is 5.91 Å². The third-order valence-corrected chi connectivity index (χ3v) is 3.09. The topological polar surface area (TPSA) is 45.2 Å². The zero-order valence-electron chi connectivity index (χ0n) is 10.4. The Hall–Kier alpha value is -1.42. The van der Waals surface area contributed by atoms with Gasteiger partial charge in [-0.3, -0.25) is 9.78 Å². The zero-order chi connectivity index (χ0) is 12.3. The Morgan fingerprint density at radius 2 is 2.35 bits per heavy atom. The highest BCUT2D eigenvalue weighted by Gasteiger charge is 2.30. The summed E-state index contributed by atoms with van der Waals surface area (Å²) in [4.78, 5) is 18.2. The van der Waals surface area contributed by atoms with E-state index in [2.05, 4.69) is 10.3 Å². The maximum Gasteiger partial charge on any atom is 0.240 e. The van der Waals surface area contributed by atoms with Crippen molar-refractivity contribution < 1.29 is 4.79 Å². The first-order valence-corrected chi connectivity index (χ1v) is 6.14. The van der Waals surface area contributed by atoms with E-state index in [9.17, 15) is 4.79 Å². The monoisotopic (exact) mass is 233 g/mol. The second kappa shape index (κ2) is 5.27. The highest BCUT2D eigenvalue weighted by Crippen LogP contribution is 2.14. The van der Waals surface area contributed by atoms with Gasteiger partial charge in [0.05, 0.1) is 6.04 Å². The van der Waals surface area contributed by atoms with Crippen LogP contribution in [0.5, 0.6) is 0 Å². The average Bonchev–Trinajstić information content (AvgIpc) is 2.65. The van der Waals surface area contributed by atoms with E-state index >= 15 is 0 Å². The van der Waals surface area contributed by atoms with Crippen LogP contribution in [0.2, 0.25) is 0 Å². The smallest absolute Gasteiger partial charge is 0.240 e. The highest BCUT2D eigenvalue weighted by atomic mass is 16.2.